The molecule has 2 saturated heterocycles. The summed E-state index contributed by atoms with van der Waals surface area (Å²) < 4.78 is 50.5. The van der Waals surface area contributed by atoms with Crippen LogP contribution in [0.4, 0.5) is 13.2 Å². The fraction of sp³-hybridized carbons (Fsp3) is 0.500. The predicted molar refractivity (Wildman–Crippen MR) is 116 cm³/mol. The van der Waals surface area contributed by atoms with Crippen molar-refractivity contribution in [2.45, 2.75) is 50.0 Å². The quantitative estimate of drug-likeness (QED) is 0.702. The van der Waals surface area contributed by atoms with Crippen LogP contribution in [0.5, 0.6) is 5.75 Å². The van der Waals surface area contributed by atoms with E-state index in [0.717, 1.165) is 17.7 Å². The Hall–Kier alpha value is -2.65. The van der Waals surface area contributed by atoms with Crippen LogP contribution in [0.2, 0.25) is 0 Å². The number of halogens is 3. The number of rotatable bonds is 6. The highest BCUT2D eigenvalue weighted by atomic mass is 19.4. The van der Waals surface area contributed by atoms with Crippen LogP contribution in [-0.4, -0.2) is 53.7 Å². The van der Waals surface area contributed by atoms with Gasteiger partial charge in [0, 0.05) is 38.7 Å². The van der Waals surface area contributed by atoms with Crippen LogP contribution in [-0.2, 0) is 15.7 Å². The number of hydrogen-bond acceptors (Lipinski definition) is 5. The van der Waals surface area contributed by atoms with Crippen LogP contribution in [0.3, 0.4) is 0 Å². The molecule has 2 aliphatic rings. The third kappa shape index (κ3) is 5.30. The van der Waals surface area contributed by atoms with Gasteiger partial charge < -0.3 is 14.8 Å². The highest BCUT2D eigenvalue weighted by Gasteiger charge is 2.48. The zero-order chi connectivity index (χ0) is 23.5. The summed E-state index contributed by atoms with van der Waals surface area (Å²) in [4.78, 5) is 19.7. The van der Waals surface area contributed by atoms with Crippen molar-refractivity contribution in [3.05, 3.63) is 59.9 Å². The van der Waals surface area contributed by atoms with Gasteiger partial charge in [-0.3, -0.25) is 14.7 Å². The van der Waals surface area contributed by atoms with E-state index in [-0.39, 0.29) is 23.8 Å². The number of likely N-dealkylation sites (tertiary alicyclic amines) is 1. The molecule has 2 aromatic rings. The summed E-state index contributed by atoms with van der Waals surface area (Å²) in [5, 5.41) is 3.13. The summed E-state index contributed by atoms with van der Waals surface area (Å²) in [5.41, 5.74) is -0.555. The summed E-state index contributed by atoms with van der Waals surface area (Å²) >= 11 is 0. The van der Waals surface area contributed by atoms with E-state index in [2.05, 4.69) is 15.2 Å². The van der Waals surface area contributed by atoms with Gasteiger partial charge in [0.25, 0.3) is 0 Å². The second kappa shape index (κ2) is 9.69. The van der Waals surface area contributed by atoms with Crippen molar-refractivity contribution in [1.82, 2.24) is 15.2 Å². The molecule has 0 bridgehead atoms. The Kier molecular flexibility index (Phi) is 6.90. The Labute approximate surface area is 191 Å². The third-order valence-electron chi connectivity index (χ3n) is 6.49. The minimum Gasteiger partial charge on any atom is -0.489 e. The molecule has 1 amide bonds. The van der Waals surface area contributed by atoms with Gasteiger partial charge in [0.05, 0.1) is 11.6 Å². The van der Waals surface area contributed by atoms with E-state index in [9.17, 15) is 18.0 Å². The van der Waals surface area contributed by atoms with Gasteiger partial charge >= 0.3 is 6.18 Å². The number of aromatic nitrogens is 1. The molecule has 2 aliphatic heterocycles. The standard InChI is InChI=1S/C24H28F3N3O3/c1-17(18-4-3-10-28-15-18)29-22(31)23(8-12-32-13-9-23)30-11-7-21(16-30)33-20-6-2-5-19(14-20)24(25,26)27/h2-6,10,14-15,17,21H,7-9,11-13,16H2,1H3,(H,29,31)/t17-,21?/m0/s1. The number of amides is 1. The topological polar surface area (TPSA) is 63.7 Å². The normalized spacial score (nSPS) is 22.0. The first kappa shape index (κ1) is 23.5. The van der Waals surface area contributed by atoms with Gasteiger partial charge in [-0.25, -0.2) is 0 Å². The Morgan fingerprint density at radius 2 is 2.06 bits per heavy atom. The number of hydrogen-bond donors (Lipinski definition) is 1. The van der Waals surface area contributed by atoms with E-state index in [0.29, 0.717) is 45.6 Å². The minimum atomic E-state index is -4.42. The number of pyridine rings is 1. The first-order valence-electron chi connectivity index (χ1n) is 11.2. The number of nitrogens with zero attached hydrogens (tertiary/aromatic N) is 2. The van der Waals surface area contributed by atoms with Crippen molar-refractivity contribution >= 4 is 5.91 Å². The zero-order valence-electron chi connectivity index (χ0n) is 18.5. The average molecular weight is 464 g/mol. The molecule has 178 valence electrons. The molecule has 4 rings (SSSR count). The van der Waals surface area contributed by atoms with Gasteiger partial charge in [-0.05, 0) is 56.0 Å². The van der Waals surface area contributed by atoms with Gasteiger partial charge in [-0.15, -0.1) is 0 Å². The predicted octanol–water partition coefficient (Wildman–Crippen LogP) is 3.98. The molecule has 9 heteroatoms. The van der Waals surface area contributed by atoms with Crippen LogP contribution in [0.1, 0.15) is 43.4 Å². The van der Waals surface area contributed by atoms with Crippen molar-refractivity contribution in [3.63, 3.8) is 0 Å². The van der Waals surface area contributed by atoms with Gasteiger partial charge in [-0.2, -0.15) is 13.2 Å². The lowest BCUT2D eigenvalue weighted by Crippen LogP contribution is -2.61. The molecule has 0 radical (unpaired) electrons. The highest BCUT2D eigenvalue weighted by Crippen LogP contribution is 2.35. The molecule has 2 atom stereocenters. The zero-order valence-corrected chi connectivity index (χ0v) is 18.5. The lowest BCUT2D eigenvalue weighted by Gasteiger charge is -2.43. The van der Waals surface area contributed by atoms with E-state index in [1.807, 2.05) is 19.1 Å². The van der Waals surface area contributed by atoms with Crippen molar-refractivity contribution < 1.29 is 27.4 Å². The number of benzene rings is 1. The monoisotopic (exact) mass is 463 g/mol. The van der Waals surface area contributed by atoms with Gasteiger partial charge in [0.15, 0.2) is 0 Å². The Morgan fingerprint density at radius 1 is 1.27 bits per heavy atom. The highest BCUT2D eigenvalue weighted by molar-refractivity contribution is 5.87. The number of carbonyl (C=O) groups excluding carboxylic acids is 1. The van der Waals surface area contributed by atoms with Crippen LogP contribution in [0.25, 0.3) is 0 Å². The van der Waals surface area contributed by atoms with E-state index in [1.54, 1.807) is 12.4 Å². The van der Waals surface area contributed by atoms with Crippen LogP contribution < -0.4 is 10.1 Å². The van der Waals surface area contributed by atoms with E-state index >= 15 is 0 Å². The van der Waals surface area contributed by atoms with Gasteiger partial charge in [0.1, 0.15) is 17.4 Å². The van der Waals surface area contributed by atoms with Crippen molar-refractivity contribution in [2.24, 2.45) is 0 Å². The van der Waals surface area contributed by atoms with Gasteiger partial charge in [0.2, 0.25) is 5.91 Å². The minimum absolute atomic E-state index is 0.0677. The molecule has 33 heavy (non-hydrogen) atoms. The van der Waals surface area contributed by atoms with E-state index in [1.165, 1.54) is 12.1 Å². The fourth-order valence-electron chi connectivity index (χ4n) is 4.59. The number of alkyl halides is 3. The summed E-state index contributed by atoms with van der Waals surface area (Å²) in [5.74, 6) is 0.120. The van der Waals surface area contributed by atoms with Crippen LogP contribution in [0.15, 0.2) is 48.8 Å². The molecular formula is C24H28F3N3O3. The molecule has 1 aromatic carbocycles. The lowest BCUT2D eigenvalue weighted by atomic mass is 9.86. The molecule has 1 unspecified atom stereocenters. The smallest absolute Gasteiger partial charge is 0.416 e. The average Bonchev–Trinajstić information content (AvgIpc) is 3.28. The second-order valence-corrected chi connectivity index (χ2v) is 8.63. The first-order chi connectivity index (χ1) is 15.8. The largest absolute Gasteiger partial charge is 0.489 e. The summed E-state index contributed by atoms with van der Waals surface area (Å²) in [6.45, 7) is 3.96. The Balaban J connectivity index is 1.45. The van der Waals surface area contributed by atoms with E-state index < -0.39 is 17.3 Å². The molecule has 0 saturated carbocycles. The van der Waals surface area contributed by atoms with Crippen molar-refractivity contribution in [2.75, 3.05) is 26.3 Å². The molecule has 3 heterocycles. The van der Waals surface area contributed by atoms with Gasteiger partial charge in [-0.1, -0.05) is 12.1 Å². The maximum Gasteiger partial charge on any atom is 0.416 e. The number of nitrogens with one attached hydrogen (secondary N) is 1. The van der Waals surface area contributed by atoms with Crippen LogP contribution in [0, 0.1) is 0 Å². The van der Waals surface area contributed by atoms with Crippen LogP contribution >= 0.6 is 0 Å². The molecule has 6 nitrogen and oxygen atoms in total. The second-order valence-electron chi connectivity index (χ2n) is 8.63. The molecule has 0 spiro atoms. The lowest BCUT2D eigenvalue weighted by molar-refractivity contribution is -0.141. The maximum atomic E-state index is 13.5. The Morgan fingerprint density at radius 3 is 2.76 bits per heavy atom. The maximum absolute atomic E-state index is 13.5. The molecule has 1 aromatic heterocycles. The molecule has 0 aliphatic carbocycles. The molecular weight excluding hydrogens is 435 g/mol. The van der Waals surface area contributed by atoms with E-state index in [4.69, 9.17) is 9.47 Å². The summed E-state index contributed by atoms with van der Waals surface area (Å²) in [7, 11) is 0. The SMILES string of the molecule is C[C@H](NC(=O)C1(N2CCC(Oc3cccc(C(F)(F)F)c3)C2)CCOCC1)c1cccnc1. The fourth-order valence-corrected chi connectivity index (χ4v) is 4.59. The summed E-state index contributed by atoms with van der Waals surface area (Å²) in [6, 6.07) is 8.48. The number of ether oxygens (including phenoxy) is 2. The van der Waals surface area contributed by atoms with Crippen molar-refractivity contribution in [1.29, 1.82) is 0 Å². The van der Waals surface area contributed by atoms with Crippen molar-refractivity contribution in [3.8, 4) is 5.75 Å². The molecule has 1 N–H and O–H groups in total. The number of carbonyl (C=O) groups is 1. The Bertz CT molecular complexity index is 949. The molecule has 2 fully saturated rings. The first-order valence-corrected chi connectivity index (χ1v) is 11.2. The summed E-state index contributed by atoms with van der Waals surface area (Å²) in [6.07, 6.45) is 0.435. The third-order valence-corrected chi connectivity index (χ3v) is 6.49.